The first-order valence-corrected chi connectivity index (χ1v) is 8.06. The van der Waals surface area contributed by atoms with Crippen LogP contribution in [0.2, 0.25) is 0 Å². The molecule has 0 aliphatic carbocycles. The van der Waals surface area contributed by atoms with Crippen LogP contribution in [0.1, 0.15) is 27.9 Å². The van der Waals surface area contributed by atoms with Crippen molar-refractivity contribution in [2.24, 2.45) is 0 Å². The molecule has 2 N–H and O–H groups in total. The first kappa shape index (κ1) is 16.4. The molecule has 0 radical (unpaired) electrons. The van der Waals surface area contributed by atoms with Crippen molar-refractivity contribution in [3.8, 4) is 11.8 Å². The number of aryl methyl sites for hydroxylation is 1. The SMILES string of the molecule is Cc1cc(C(=O)NCCS(C)=O)ccc1C#CCCO. The highest BCUT2D eigenvalue weighted by Gasteiger charge is 2.06. The second-order valence-electron chi connectivity index (χ2n) is 4.34. The maximum atomic E-state index is 11.9. The first-order chi connectivity index (χ1) is 9.54. The van der Waals surface area contributed by atoms with Crippen molar-refractivity contribution in [2.75, 3.05) is 25.2 Å². The van der Waals surface area contributed by atoms with E-state index in [-0.39, 0.29) is 12.5 Å². The number of rotatable bonds is 5. The van der Waals surface area contributed by atoms with Gasteiger partial charge in [0.15, 0.2) is 0 Å². The Balaban J connectivity index is 2.69. The molecule has 0 spiro atoms. The second-order valence-corrected chi connectivity index (χ2v) is 5.89. The largest absolute Gasteiger partial charge is 0.395 e. The predicted octanol–water partition coefficient (Wildman–Crippen LogP) is 0.837. The standard InChI is InChI=1S/C15H19NO3S/c1-12-11-14(15(18)16-8-10-20(2)19)7-6-13(12)5-3-4-9-17/h6-7,11,17H,4,8-10H2,1-2H3,(H,16,18). The molecule has 0 fully saturated rings. The summed E-state index contributed by atoms with van der Waals surface area (Å²) in [7, 11) is -0.905. The first-order valence-electron chi connectivity index (χ1n) is 6.33. The fourth-order valence-corrected chi connectivity index (χ4v) is 1.96. The lowest BCUT2D eigenvalue weighted by atomic mass is 10.0. The summed E-state index contributed by atoms with van der Waals surface area (Å²) in [5.74, 6) is 6.09. The molecule has 108 valence electrons. The molecular weight excluding hydrogens is 274 g/mol. The van der Waals surface area contributed by atoms with Gasteiger partial charge in [0, 0.05) is 46.9 Å². The number of hydrogen-bond donors (Lipinski definition) is 2. The molecule has 0 heterocycles. The van der Waals surface area contributed by atoms with Crippen LogP contribution in [-0.4, -0.2) is 40.4 Å². The van der Waals surface area contributed by atoms with Gasteiger partial charge in [0.25, 0.3) is 5.91 Å². The summed E-state index contributed by atoms with van der Waals surface area (Å²) in [6, 6.07) is 5.29. The van der Waals surface area contributed by atoms with Gasteiger partial charge in [-0.1, -0.05) is 11.8 Å². The summed E-state index contributed by atoms with van der Waals surface area (Å²) in [6.07, 6.45) is 2.05. The number of hydrogen-bond acceptors (Lipinski definition) is 3. The van der Waals surface area contributed by atoms with Crippen molar-refractivity contribution in [3.63, 3.8) is 0 Å². The lowest BCUT2D eigenvalue weighted by Gasteiger charge is -2.06. The number of carbonyl (C=O) groups excluding carboxylic acids is 1. The Morgan fingerprint density at radius 1 is 1.45 bits per heavy atom. The van der Waals surface area contributed by atoms with Gasteiger partial charge in [0.2, 0.25) is 0 Å². The minimum Gasteiger partial charge on any atom is -0.395 e. The zero-order chi connectivity index (χ0) is 15.0. The van der Waals surface area contributed by atoms with Crippen LogP contribution in [0.5, 0.6) is 0 Å². The Labute approximate surface area is 122 Å². The summed E-state index contributed by atoms with van der Waals surface area (Å²) in [5.41, 5.74) is 2.34. The molecule has 0 saturated carbocycles. The van der Waals surface area contributed by atoms with E-state index in [1.54, 1.807) is 24.5 Å². The summed E-state index contributed by atoms with van der Waals surface area (Å²) in [4.78, 5) is 11.9. The normalized spacial score (nSPS) is 11.3. The molecule has 1 atom stereocenters. The Hall–Kier alpha value is -1.64. The van der Waals surface area contributed by atoms with Crippen LogP contribution >= 0.6 is 0 Å². The second kappa shape index (κ2) is 8.51. The monoisotopic (exact) mass is 293 g/mol. The molecule has 0 bridgehead atoms. The Bertz CT molecular complexity index is 558. The number of nitrogens with one attached hydrogen (secondary N) is 1. The number of benzene rings is 1. The molecule has 20 heavy (non-hydrogen) atoms. The fraction of sp³-hybridized carbons (Fsp3) is 0.400. The molecule has 1 rings (SSSR count). The van der Waals surface area contributed by atoms with E-state index >= 15 is 0 Å². The van der Waals surface area contributed by atoms with Crippen molar-refractivity contribution in [1.82, 2.24) is 5.32 Å². The predicted molar refractivity (Wildman–Crippen MR) is 81.0 cm³/mol. The van der Waals surface area contributed by atoms with E-state index in [0.717, 1.165) is 11.1 Å². The summed E-state index contributed by atoms with van der Waals surface area (Å²) >= 11 is 0. The molecular formula is C15H19NO3S. The zero-order valence-electron chi connectivity index (χ0n) is 11.7. The highest BCUT2D eigenvalue weighted by molar-refractivity contribution is 7.84. The van der Waals surface area contributed by atoms with Gasteiger partial charge < -0.3 is 10.4 Å². The van der Waals surface area contributed by atoms with Gasteiger partial charge in [0.05, 0.1) is 6.61 Å². The lowest BCUT2D eigenvalue weighted by Crippen LogP contribution is -2.27. The maximum absolute atomic E-state index is 11.9. The average Bonchev–Trinajstić information content (AvgIpc) is 2.40. The van der Waals surface area contributed by atoms with Crippen LogP contribution in [0.25, 0.3) is 0 Å². The quantitative estimate of drug-likeness (QED) is 0.791. The third kappa shape index (κ3) is 5.55. The van der Waals surface area contributed by atoms with Gasteiger partial charge in [-0.3, -0.25) is 9.00 Å². The number of carbonyl (C=O) groups is 1. The highest BCUT2D eigenvalue weighted by Crippen LogP contribution is 2.10. The molecule has 1 aromatic carbocycles. The van der Waals surface area contributed by atoms with E-state index in [1.165, 1.54) is 0 Å². The fourth-order valence-electron chi connectivity index (χ4n) is 1.57. The van der Waals surface area contributed by atoms with Crippen molar-refractivity contribution < 1.29 is 14.1 Å². The minimum absolute atomic E-state index is 0.0470. The molecule has 0 aliphatic heterocycles. The molecule has 1 amide bonds. The van der Waals surface area contributed by atoms with Crippen LogP contribution in [0, 0.1) is 18.8 Å². The van der Waals surface area contributed by atoms with Crippen LogP contribution < -0.4 is 5.32 Å². The smallest absolute Gasteiger partial charge is 0.251 e. The van der Waals surface area contributed by atoms with Crippen LogP contribution in [-0.2, 0) is 10.8 Å². The third-order valence-electron chi connectivity index (χ3n) is 2.62. The summed E-state index contributed by atoms with van der Waals surface area (Å²) in [6.45, 7) is 2.34. The number of aliphatic hydroxyl groups is 1. The maximum Gasteiger partial charge on any atom is 0.251 e. The molecule has 5 heteroatoms. The average molecular weight is 293 g/mol. The Morgan fingerprint density at radius 3 is 2.80 bits per heavy atom. The van der Waals surface area contributed by atoms with Crippen LogP contribution in [0.3, 0.4) is 0 Å². The van der Waals surface area contributed by atoms with E-state index in [9.17, 15) is 9.00 Å². The molecule has 0 aromatic heterocycles. The van der Waals surface area contributed by atoms with Crippen LogP contribution in [0.4, 0.5) is 0 Å². The molecule has 1 aromatic rings. The van der Waals surface area contributed by atoms with E-state index in [1.807, 2.05) is 6.92 Å². The van der Waals surface area contributed by atoms with Gasteiger partial charge in [-0.2, -0.15) is 0 Å². The van der Waals surface area contributed by atoms with Crippen LogP contribution in [0.15, 0.2) is 18.2 Å². The number of amides is 1. The molecule has 1 unspecified atom stereocenters. The van der Waals surface area contributed by atoms with Crippen molar-refractivity contribution in [1.29, 1.82) is 0 Å². The topological polar surface area (TPSA) is 66.4 Å². The van der Waals surface area contributed by atoms with Gasteiger partial charge in [0.1, 0.15) is 0 Å². The number of aliphatic hydroxyl groups excluding tert-OH is 1. The molecule has 0 aliphatic rings. The lowest BCUT2D eigenvalue weighted by molar-refractivity contribution is 0.0956. The van der Waals surface area contributed by atoms with Gasteiger partial charge in [-0.05, 0) is 30.7 Å². The third-order valence-corrected chi connectivity index (χ3v) is 3.40. The zero-order valence-corrected chi connectivity index (χ0v) is 12.5. The Morgan fingerprint density at radius 2 is 2.20 bits per heavy atom. The van der Waals surface area contributed by atoms with E-state index < -0.39 is 10.8 Å². The van der Waals surface area contributed by atoms with Gasteiger partial charge >= 0.3 is 0 Å². The van der Waals surface area contributed by atoms with Crippen molar-refractivity contribution >= 4 is 16.7 Å². The van der Waals surface area contributed by atoms with E-state index in [4.69, 9.17) is 5.11 Å². The minimum atomic E-state index is -0.905. The highest BCUT2D eigenvalue weighted by atomic mass is 32.2. The van der Waals surface area contributed by atoms with E-state index in [0.29, 0.717) is 24.3 Å². The molecule has 4 nitrogen and oxygen atoms in total. The van der Waals surface area contributed by atoms with Crippen molar-refractivity contribution in [2.45, 2.75) is 13.3 Å². The van der Waals surface area contributed by atoms with Gasteiger partial charge in [-0.15, -0.1) is 0 Å². The summed E-state index contributed by atoms with van der Waals surface area (Å²) in [5, 5.41) is 11.4. The van der Waals surface area contributed by atoms with Crippen molar-refractivity contribution in [3.05, 3.63) is 34.9 Å². The Kier molecular flexibility index (Phi) is 6.99. The summed E-state index contributed by atoms with van der Waals surface area (Å²) < 4.78 is 10.9. The molecule has 0 saturated heterocycles. The van der Waals surface area contributed by atoms with Gasteiger partial charge in [-0.25, -0.2) is 0 Å². The van der Waals surface area contributed by atoms with E-state index in [2.05, 4.69) is 17.2 Å².